The predicted octanol–water partition coefficient (Wildman–Crippen LogP) is 2.09. The first-order chi connectivity index (χ1) is 20.3. The van der Waals surface area contributed by atoms with Crippen LogP contribution in [0.25, 0.3) is 0 Å². The Morgan fingerprint density at radius 3 is 1.91 bits per heavy atom. The molecule has 13 heteroatoms. The van der Waals surface area contributed by atoms with Gasteiger partial charge in [0, 0.05) is 51.9 Å². The second-order valence-corrected chi connectivity index (χ2v) is 12.9. The van der Waals surface area contributed by atoms with Crippen LogP contribution in [-0.4, -0.2) is 82.1 Å². The predicted molar refractivity (Wildman–Crippen MR) is 148 cm³/mol. The van der Waals surface area contributed by atoms with Crippen LogP contribution in [0.1, 0.15) is 81.1 Å². The number of aliphatic hydroxyl groups is 1. The van der Waals surface area contributed by atoms with Crippen molar-refractivity contribution in [1.82, 2.24) is 0 Å². The molecule has 0 aromatic heterocycles. The number of hydrogen-bond donors (Lipinski definition) is 1. The Morgan fingerprint density at radius 1 is 0.841 bits per heavy atom. The fourth-order valence-corrected chi connectivity index (χ4v) is 8.99. The maximum Gasteiger partial charge on any atom is 0.307 e. The van der Waals surface area contributed by atoms with E-state index in [1.807, 2.05) is 0 Å². The monoisotopic (exact) mass is 622 g/mol. The van der Waals surface area contributed by atoms with Gasteiger partial charge < -0.3 is 33.5 Å². The van der Waals surface area contributed by atoms with Crippen molar-refractivity contribution in [3.8, 4) is 0 Å². The lowest BCUT2D eigenvalue weighted by atomic mass is 9.55. The third-order valence-electron chi connectivity index (χ3n) is 10.2. The lowest BCUT2D eigenvalue weighted by Crippen LogP contribution is -2.67. The molecular formula is C31H42O13. The molecule has 0 radical (unpaired) electrons. The Kier molecular flexibility index (Phi) is 8.47. The summed E-state index contributed by atoms with van der Waals surface area (Å²) in [5.41, 5.74) is -7.21. The fourth-order valence-electron chi connectivity index (χ4n) is 8.99. The van der Waals surface area contributed by atoms with Crippen LogP contribution in [0.15, 0.2) is 12.2 Å². The Labute approximate surface area is 255 Å². The fraction of sp³-hybridized carbons (Fsp3) is 0.742. The number of carbonyl (C=O) groups excluding carboxylic acids is 6. The van der Waals surface area contributed by atoms with Crippen molar-refractivity contribution in [3.63, 3.8) is 0 Å². The van der Waals surface area contributed by atoms with E-state index in [1.165, 1.54) is 41.5 Å². The van der Waals surface area contributed by atoms with Crippen LogP contribution >= 0.6 is 0 Å². The smallest absolute Gasteiger partial charge is 0.307 e. The molecule has 1 saturated heterocycles. The van der Waals surface area contributed by atoms with Gasteiger partial charge >= 0.3 is 35.8 Å². The standard InChI is InChI=1S/C31H42O13/c1-10-22(36)42-25-26(40-16(5)33)31(14(2)3)21(13-23(37)44-31)28(8,38)20-12-11-19-24(39-15(4)32)30(20,25)27(41-17(6)34)29(19,9)43-18(7)35/h19-21,24-27,38H,2,10-13H2,1,3-9H3. The minimum Gasteiger partial charge on any atom is -0.461 e. The van der Waals surface area contributed by atoms with Gasteiger partial charge in [0.1, 0.15) is 6.10 Å². The summed E-state index contributed by atoms with van der Waals surface area (Å²) >= 11 is 0. The van der Waals surface area contributed by atoms with Gasteiger partial charge in [0.2, 0.25) is 0 Å². The highest BCUT2D eigenvalue weighted by atomic mass is 16.6. The van der Waals surface area contributed by atoms with Crippen molar-refractivity contribution in [2.45, 2.75) is 122 Å². The number of ether oxygens (including phenoxy) is 6. The van der Waals surface area contributed by atoms with E-state index >= 15 is 0 Å². The molecule has 1 aliphatic heterocycles. The highest BCUT2D eigenvalue weighted by Crippen LogP contribution is 2.71. The van der Waals surface area contributed by atoms with E-state index in [9.17, 15) is 33.9 Å². The molecule has 244 valence electrons. The summed E-state index contributed by atoms with van der Waals surface area (Å²) in [5.74, 6) is -7.59. The van der Waals surface area contributed by atoms with Gasteiger partial charge in [-0.05, 0) is 39.2 Å². The van der Waals surface area contributed by atoms with E-state index in [4.69, 9.17) is 28.4 Å². The Balaban J connectivity index is 2.23. The van der Waals surface area contributed by atoms with Gasteiger partial charge in [0.15, 0.2) is 29.5 Å². The second-order valence-electron chi connectivity index (χ2n) is 12.9. The molecule has 1 spiro atoms. The van der Waals surface area contributed by atoms with Gasteiger partial charge in [-0.2, -0.15) is 0 Å². The summed E-state index contributed by atoms with van der Waals surface area (Å²) in [6.45, 7) is 14.8. The molecule has 0 amide bonds. The minimum absolute atomic E-state index is 0.148. The summed E-state index contributed by atoms with van der Waals surface area (Å²) in [5, 5.41) is 12.7. The van der Waals surface area contributed by atoms with E-state index in [0.29, 0.717) is 0 Å². The molecule has 11 unspecified atom stereocenters. The van der Waals surface area contributed by atoms with Gasteiger partial charge in [-0.15, -0.1) is 0 Å². The largest absolute Gasteiger partial charge is 0.461 e. The molecule has 4 aliphatic rings. The molecule has 13 nitrogen and oxygen atoms in total. The minimum atomic E-state index is -1.92. The van der Waals surface area contributed by atoms with Gasteiger partial charge in [0.25, 0.3) is 0 Å². The van der Waals surface area contributed by atoms with Crippen molar-refractivity contribution in [1.29, 1.82) is 0 Å². The van der Waals surface area contributed by atoms with E-state index in [0.717, 1.165) is 13.8 Å². The molecule has 44 heavy (non-hydrogen) atoms. The van der Waals surface area contributed by atoms with Crippen LogP contribution in [0.3, 0.4) is 0 Å². The number of esters is 6. The van der Waals surface area contributed by atoms with Crippen LogP contribution < -0.4 is 0 Å². The summed E-state index contributed by atoms with van der Waals surface area (Å²) in [4.78, 5) is 77.5. The zero-order valence-electron chi connectivity index (χ0n) is 26.4. The van der Waals surface area contributed by atoms with Crippen LogP contribution in [0.2, 0.25) is 0 Å². The van der Waals surface area contributed by atoms with Crippen molar-refractivity contribution in [2.75, 3.05) is 0 Å². The SMILES string of the molecule is C=C(C)C12OC(=O)CC1C(C)(O)C1CCC3C(OC(C)=O)C1(C(OC(=O)CC)C2OC(C)=O)C(OC(C)=O)C3(C)OC(C)=O. The summed E-state index contributed by atoms with van der Waals surface area (Å²) < 4.78 is 36.1. The van der Waals surface area contributed by atoms with E-state index in [-0.39, 0.29) is 31.3 Å². The van der Waals surface area contributed by atoms with Crippen LogP contribution in [0.4, 0.5) is 0 Å². The molecule has 11 atom stereocenters. The zero-order chi connectivity index (χ0) is 33.2. The lowest BCUT2D eigenvalue weighted by Gasteiger charge is -2.54. The lowest BCUT2D eigenvalue weighted by molar-refractivity contribution is -0.249. The van der Waals surface area contributed by atoms with Gasteiger partial charge in [0.05, 0.1) is 17.4 Å². The third-order valence-corrected chi connectivity index (χ3v) is 10.2. The van der Waals surface area contributed by atoms with Crippen molar-refractivity contribution in [2.24, 2.45) is 23.2 Å². The normalized spacial score (nSPS) is 42.0. The summed E-state index contributed by atoms with van der Waals surface area (Å²) in [7, 11) is 0. The quantitative estimate of drug-likeness (QED) is 0.248. The molecule has 1 heterocycles. The summed E-state index contributed by atoms with van der Waals surface area (Å²) in [6, 6.07) is 0. The second kappa shape index (κ2) is 11.1. The number of rotatable bonds is 7. The molecule has 0 aromatic rings. The zero-order valence-corrected chi connectivity index (χ0v) is 26.4. The van der Waals surface area contributed by atoms with Crippen molar-refractivity contribution in [3.05, 3.63) is 12.2 Å². The Morgan fingerprint density at radius 2 is 1.41 bits per heavy atom. The highest BCUT2D eigenvalue weighted by molar-refractivity contribution is 5.76. The molecule has 2 bridgehead atoms. The molecule has 1 N–H and O–H groups in total. The van der Waals surface area contributed by atoms with E-state index in [2.05, 4.69) is 6.58 Å². The highest BCUT2D eigenvalue weighted by Gasteiger charge is 2.85. The van der Waals surface area contributed by atoms with Crippen LogP contribution in [-0.2, 0) is 57.2 Å². The number of fused-ring (bicyclic) bond motifs is 2. The average molecular weight is 623 g/mol. The van der Waals surface area contributed by atoms with Gasteiger partial charge in [-0.3, -0.25) is 28.8 Å². The molecule has 4 rings (SSSR count). The number of carbonyl (C=O) groups is 6. The topological polar surface area (TPSA) is 178 Å². The molecule has 4 fully saturated rings. The Hall–Kier alpha value is -3.48. The number of hydrogen-bond acceptors (Lipinski definition) is 13. The maximum atomic E-state index is 13.3. The van der Waals surface area contributed by atoms with Gasteiger partial charge in [-0.25, -0.2) is 0 Å². The van der Waals surface area contributed by atoms with Crippen molar-refractivity contribution >= 4 is 35.8 Å². The van der Waals surface area contributed by atoms with Crippen LogP contribution in [0, 0.1) is 23.2 Å². The first-order valence-electron chi connectivity index (χ1n) is 14.8. The molecule has 3 saturated carbocycles. The molecular weight excluding hydrogens is 580 g/mol. The Bertz CT molecular complexity index is 1290. The molecule has 0 aromatic carbocycles. The first-order valence-corrected chi connectivity index (χ1v) is 14.8. The van der Waals surface area contributed by atoms with Crippen molar-refractivity contribution < 1.29 is 62.3 Å². The average Bonchev–Trinajstić information content (AvgIpc) is 3.28. The van der Waals surface area contributed by atoms with Crippen LogP contribution in [0.5, 0.6) is 0 Å². The van der Waals surface area contributed by atoms with Gasteiger partial charge in [-0.1, -0.05) is 13.5 Å². The summed E-state index contributed by atoms with van der Waals surface area (Å²) in [6.07, 6.45) is -6.24. The maximum absolute atomic E-state index is 13.3. The van der Waals surface area contributed by atoms with E-state index < -0.39 is 100 Å². The molecule has 3 aliphatic carbocycles. The van der Waals surface area contributed by atoms with E-state index in [1.54, 1.807) is 0 Å². The first kappa shape index (κ1) is 33.4. The third kappa shape index (κ3) is 4.69.